The van der Waals surface area contributed by atoms with E-state index in [0.717, 1.165) is 27.7 Å². The van der Waals surface area contributed by atoms with Crippen molar-refractivity contribution in [1.29, 1.82) is 0 Å². The number of nitrogens with zero attached hydrogens (tertiary/aromatic N) is 5. The number of thiazole rings is 1. The first kappa shape index (κ1) is 17.6. The van der Waals surface area contributed by atoms with Crippen LogP contribution in [0.4, 0.5) is 0 Å². The van der Waals surface area contributed by atoms with E-state index in [1.807, 2.05) is 25.7 Å². The van der Waals surface area contributed by atoms with Crippen LogP contribution in [-0.2, 0) is 12.5 Å². The van der Waals surface area contributed by atoms with Gasteiger partial charge in [-0.05, 0) is 56.8 Å². The van der Waals surface area contributed by atoms with Crippen molar-refractivity contribution >= 4 is 33.3 Å². The van der Waals surface area contributed by atoms with Crippen molar-refractivity contribution in [2.45, 2.75) is 37.3 Å². The maximum absolute atomic E-state index is 4.70. The molecule has 1 aliphatic carbocycles. The largest absolute Gasteiger partial charge is 0.309 e. The van der Waals surface area contributed by atoms with Gasteiger partial charge in [-0.2, -0.15) is 0 Å². The molecule has 7 heteroatoms. The molecule has 1 aliphatic heterocycles. The molecule has 142 valence electrons. The minimum Gasteiger partial charge on any atom is -0.309 e. The van der Waals surface area contributed by atoms with Crippen molar-refractivity contribution < 1.29 is 0 Å². The smallest absolute Gasteiger partial charge is 0.190 e. The highest BCUT2D eigenvalue weighted by Gasteiger charge is 2.60. The molecule has 0 amide bonds. The average molecular weight is 400 g/mol. The van der Waals surface area contributed by atoms with Crippen LogP contribution >= 0.6 is 23.1 Å². The molecule has 5 nitrogen and oxygen atoms in total. The lowest BCUT2D eigenvalue weighted by molar-refractivity contribution is 0.299. The van der Waals surface area contributed by atoms with E-state index in [0.29, 0.717) is 5.41 Å². The molecule has 0 radical (unpaired) electrons. The average Bonchev–Trinajstić information content (AvgIpc) is 2.93. The third kappa shape index (κ3) is 3.09. The van der Waals surface area contributed by atoms with Gasteiger partial charge in [0.1, 0.15) is 5.82 Å². The third-order valence-corrected chi connectivity index (χ3v) is 8.25. The summed E-state index contributed by atoms with van der Waals surface area (Å²) in [6.45, 7) is 7.74. The molecule has 3 heterocycles. The number of hydrogen-bond donors (Lipinski definition) is 0. The summed E-state index contributed by atoms with van der Waals surface area (Å²) in [5, 5.41) is 10.6. The van der Waals surface area contributed by atoms with Crippen LogP contribution in [0.1, 0.15) is 29.2 Å². The van der Waals surface area contributed by atoms with Gasteiger partial charge in [0.2, 0.25) is 0 Å². The second-order valence-electron chi connectivity index (χ2n) is 8.00. The van der Waals surface area contributed by atoms with Crippen LogP contribution < -0.4 is 0 Å². The Morgan fingerprint density at radius 1 is 1.30 bits per heavy atom. The summed E-state index contributed by atoms with van der Waals surface area (Å²) in [5.74, 6) is 2.92. The van der Waals surface area contributed by atoms with E-state index in [1.54, 1.807) is 11.3 Å². The van der Waals surface area contributed by atoms with Crippen molar-refractivity contribution in [1.82, 2.24) is 24.6 Å². The molecule has 2 unspecified atom stereocenters. The fourth-order valence-electron chi connectivity index (χ4n) is 4.52. The van der Waals surface area contributed by atoms with Gasteiger partial charge >= 0.3 is 0 Å². The summed E-state index contributed by atoms with van der Waals surface area (Å²) < 4.78 is 3.39. The number of rotatable bonds is 6. The Balaban J connectivity index is 1.18. The van der Waals surface area contributed by atoms with E-state index in [2.05, 4.69) is 44.8 Å². The molecule has 3 aromatic rings. The van der Waals surface area contributed by atoms with E-state index in [-0.39, 0.29) is 0 Å². The SMILES string of the molecule is Cc1nc2cc(C34CC3CN(CCCSc3nnc(C)n3C)C4)ccc2s1. The van der Waals surface area contributed by atoms with Crippen molar-refractivity contribution in [3.8, 4) is 0 Å². The van der Waals surface area contributed by atoms with Gasteiger partial charge in [0.15, 0.2) is 5.16 Å². The van der Waals surface area contributed by atoms with Gasteiger partial charge in [-0.15, -0.1) is 21.5 Å². The Morgan fingerprint density at radius 2 is 2.19 bits per heavy atom. The maximum Gasteiger partial charge on any atom is 0.190 e. The van der Waals surface area contributed by atoms with E-state index < -0.39 is 0 Å². The van der Waals surface area contributed by atoms with Crippen molar-refractivity contribution in [2.75, 3.05) is 25.4 Å². The summed E-state index contributed by atoms with van der Waals surface area (Å²) in [4.78, 5) is 7.36. The molecule has 0 spiro atoms. The highest BCUT2D eigenvalue weighted by molar-refractivity contribution is 7.99. The molecule has 2 fully saturated rings. The normalized spacial score (nSPS) is 24.6. The number of fused-ring (bicyclic) bond motifs is 2. The van der Waals surface area contributed by atoms with Crippen LogP contribution in [0.5, 0.6) is 0 Å². The van der Waals surface area contributed by atoms with Crippen LogP contribution in [-0.4, -0.2) is 50.0 Å². The van der Waals surface area contributed by atoms with Crippen molar-refractivity contribution in [2.24, 2.45) is 13.0 Å². The van der Waals surface area contributed by atoms with Crippen LogP contribution in [0.2, 0.25) is 0 Å². The van der Waals surface area contributed by atoms with Gasteiger partial charge in [0.05, 0.1) is 15.2 Å². The minimum absolute atomic E-state index is 0.402. The zero-order valence-electron chi connectivity index (χ0n) is 16.1. The molecule has 2 aromatic heterocycles. The molecule has 2 atom stereocenters. The number of aryl methyl sites for hydroxylation is 2. The standard InChI is InChI=1S/C20H25N5S2/c1-13-22-23-19(24(13)3)26-8-4-7-25-11-16-10-20(16,12-25)15-5-6-18-17(9-15)21-14(2)27-18/h5-6,9,16H,4,7-8,10-12H2,1-3H3. The Labute approximate surface area is 168 Å². The van der Waals surface area contributed by atoms with Crippen molar-refractivity contribution in [3.63, 3.8) is 0 Å². The van der Waals surface area contributed by atoms with E-state index in [1.165, 1.54) is 48.3 Å². The quantitative estimate of drug-likeness (QED) is 0.466. The third-order valence-electron chi connectivity index (χ3n) is 6.19. The Morgan fingerprint density at radius 3 is 3.00 bits per heavy atom. The lowest BCUT2D eigenvalue weighted by Crippen LogP contribution is -2.27. The number of piperidine rings is 1. The van der Waals surface area contributed by atoms with E-state index >= 15 is 0 Å². The first-order chi connectivity index (χ1) is 13.0. The Kier molecular flexibility index (Phi) is 4.29. The van der Waals surface area contributed by atoms with Gasteiger partial charge in [-0.1, -0.05) is 17.8 Å². The van der Waals surface area contributed by atoms with E-state index in [4.69, 9.17) is 4.98 Å². The highest BCUT2D eigenvalue weighted by atomic mass is 32.2. The number of thioether (sulfide) groups is 1. The number of benzene rings is 1. The van der Waals surface area contributed by atoms with Gasteiger partial charge in [-0.25, -0.2) is 4.98 Å². The van der Waals surface area contributed by atoms with Crippen LogP contribution in [0.3, 0.4) is 0 Å². The summed E-state index contributed by atoms with van der Waals surface area (Å²) in [6, 6.07) is 6.99. The first-order valence-corrected chi connectivity index (χ1v) is 11.4. The summed E-state index contributed by atoms with van der Waals surface area (Å²) in [6.07, 6.45) is 2.55. The number of hydrogen-bond acceptors (Lipinski definition) is 6. The summed E-state index contributed by atoms with van der Waals surface area (Å²) in [5.41, 5.74) is 3.10. The second-order valence-corrected chi connectivity index (χ2v) is 10.3. The first-order valence-electron chi connectivity index (χ1n) is 9.64. The maximum atomic E-state index is 4.70. The zero-order valence-corrected chi connectivity index (χ0v) is 17.7. The molecule has 0 N–H and O–H groups in total. The van der Waals surface area contributed by atoms with Gasteiger partial charge in [0.25, 0.3) is 0 Å². The fourth-order valence-corrected chi connectivity index (χ4v) is 6.21. The number of aromatic nitrogens is 4. The summed E-state index contributed by atoms with van der Waals surface area (Å²) >= 11 is 3.61. The molecule has 1 saturated heterocycles. The Hall–Kier alpha value is -1.44. The zero-order chi connectivity index (χ0) is 18.6. The van der Waals surface area contributed by atoms with Gasteiger partial charge in [0, 0.05) is 31.3 Å². The molecule has 1 saturated carbocycles. The van der Waals surface area contributed by atoms with Crippen LogP contribution in [0.25, 0.3) is 10.2 Å². The molecule has 27 heavy (non-hydrogen) atoms. The fraction of sp³-hybridized carbons (Fsp3) is 0.550. The molecular weight excluding hydrogens is 374 g/mol. The lowest BCUT2D eigenvalue weighted by atomic mass is 9.95. The monoisotopic (exact) mass is 399 g/mol. The molecule has 0 bridgehead atoms. The highest BCUT2D eigenvalue weighted by Crippen LogP contribution is 2.59. The molecule has 2 aliphatic rings. The molecular formula is C20H25N5S2. The minimum atomic E-state index is 0.402. The Bertz CT molecular complexity index is 994. The second kappa shape index (κ2) is 6.57. The number of likely N-dealkylation sites (tertiary alicyclic amines) is 1. The van der Waals surface area contributed by atoms with Crippen LogP contribution in [0.15, 0.2) is 23.4 Å². The van der Waals surface area contributed by atoms with Crippen LogP contribution in [0, 0.1) is 19.8 Å². The lowest BCUT2D eigenvalue weighted by Gasteiger charge is -2.21. The van der Waals surface area contributed by atoms with Crippen molar-refractivity contribution in [3.05, 3.63) is 34.6 Å². The van der Waals surface area contributed by atoms with Gasteiger partial charge < -0.3 is 9.47 Å². The van der Waals surface area contributed by atoms with Gasteiger partial charge in [-0.3, -0.25) is 0 Å². The topological polar surface area (TPSA) is 46.8 Å². The molecule has 5 rings (SSSR count). The summed E-state index contributed by atoms with van der Waals surface area (Å²) in [7, 11) is 2.04. The van der Waals surface area contributed by atoms with E-state index in [9.17, 15) is 0 Å². The predicted octanol–water partition coefficient (Wildman–Crippen LogP) is 3.80. The predicted molar refractivity (Wildman–Crippen MR) is 112 cm³/mol. The molecule has 1 aromatic carbocycles.